The quantitative estimate of drug-likeness (QED) is 0.625. The van der Waals surface area contributed by atoms with Crippen LogP contribution < -0.4 is 10.6 Å². The van der Waals surface area contributed by atoms with Crippen LogP contribution in [0.5, 0.6) is 0 Å². The van der Waals surface area contributed by atoms with E-state index in [0.717, 1.165) is 49.2 Å². The Morgan fingerprint density at radius 3 is 2.41 bits per heavy atom. The molecule has 0 aromatic carbocycles. The van der Waals surface area contributed by atoms with Crippen molar-refractivity contribution in [3.05, 3.63) is 0 Å². The lowest BCUT2D eigenvalue weighted by Crippen LogP contribution is -2.55. The molecule has 0 radical (unpaired) electrons. The lowest BCUT2D eigenvalue weighted by Gasteiger charge is -2.61. The molecule has 8 atom stereocenters. The highest BCUT2D eigenvalue weighted by molar-refractivity contribution is 5.09. The number of fused-ring (bicyclic) bond motifs is 5. The molecule has 0 bridgehead atoms. The van der Waals surface area contributed by atoms with Crippen molar-refractivity contribution in [2.24, 2.45) is 34.5 Å². The van der Waals surface area contributed by atoms with E-state index in [0.29, 0.717) is 11.5 Å². The van der Waals surface area contributed by atoms with Gasteiger partial charge in [0, 0.05) is 25.2 Å². The number of rotatable bonds is 5. The third-order valence-electron chi connectivity index (χ3n) is 9.73. The number of hydrogen-bond donors (Lipinski definition) is 3. The maximum atomic E-state index is 10.6. The van der Waals surface area contributed by atoms with Gasteiger partial charge in [-0.25, -0.2) is 0 Å². The molecule has 3 nitrogen and oxygen atoms in total. The molecule has 4 unspecified atom stereocenters. The van der Waals surface area contributed by atoms with Crippen molar-refractivity contribution in [3.8, 4) is 0 Å². The average Bonchev–Trinajstić information content (AvgIpc) is 2.94. The lowest BCUT2D eigenvalue weighted by molar-refractivity contribution is -0.123. The number of nitrogens with one attached hydrogen (secondary N) is 2. The summed E-state index contributed by atoms with van der Waals surface area (Å²) in [5, 5.41) is 18.0. The predicted molar refractivity (Wildman–Crippen MR) is 113 cm³/mol. The van der Waals surface area contributed by atoms with Crippen molar-refractivity contribution in [3.63, 3.8) is 0 Å². The molecule has 0 saturated heterocycles. The highest BCUT2D eigenvalue weighted by atomic mass is 16.3. The van der Waals surface area contributed by atoms with Gasteiger partial charge in [-0.15, -0.1) is 0 Å². The van der Waals surface area contributed by atoms with Crippen molar-refractivity contribution < 1.29 is 5.11 Å². The molecule has 4 rings (SSSR count). The third-order valence-corrected chi connectivity index (χ3v) is 9.73. The van der Waals surface area contributed by atoms with Crippen molar-refractivity contribution >= 4 is 0 Å². The second-order valence-corrected chi connectivity index (χ2v) is 11.3. The van der Waals surface area contributed by atoms with Crippen molar-refractivity contribution in [1.82, 2.24) is 10.6 Å². The van der Waals surface area contributed by atoms with Gasteiger partial charge < -0.3 is 15.7 Å². The van der Waals surface area contributed by atoms with E-state index in [1.165, 1.54) is 51.4 Å². The fourth-order valence-electron chi connectivity index (χ4n) is 8.05. The van der Waals surface area contributed by atoms with Crippen LogP contribution in [0.3, 0.4) is 0 Å². The van der Waals surface area contributed by atoms with Crippen LogP contribution in [0, 0.1) is 34.5 Å². The van der Waals surface area contributed by atoms with E-state index in [1.54, 1.807) is 0 Å². The highest BCUT2D eigenvalue weighted by Crippen LogP contribution is 2.66. The average molecular weight is 377 g/mol. The van der Waals surface area contributed by atoms with Crippen LogP contribution in [0.1, 0.15) is 85.5 Å². The van der Waals surface area contributed by atoms with Crippen LogP contribution >= 0.6 is 0 Å². The van der Waals surface area contributed by atoms with E-state index in [2.05, 4.69) is 38.3 Å². The molecule has 0 aromatic rings. The topological polar surface area (TPSA) is 44.3 Å². The van der Waals surface area contributed by atoms with Crippen LogP contribution in [0.25, 0.3) is 0 Å². The number of hydrogen-bond acceptors (Lipinski definition) is 3. The first-order chi connectivity index (χ1) is 12.8. The van der Waals surface area contributed by atoms with Crippen molar-refractivity contribution in [1.29, 1.82) is 0 Å². The summed E-state index contributed by atoms with van der Waals surface area (Å²) in [7, 11) is 0. The largest absolute Gasteiger partial charge is 0.393 e. The molecular weight excluding hydrogens is 332 g/mol. The van der Waals surface area contributed by atoms with Crippen LogP contribution in [0.15, 0.2) is 0 Å². The zero-order chi connectivity index (χ0) is 19.2. The van der Waals surface area contributed by atoms with Gasteiger partial charge in [-0.1, -0.05) is 27.7 Å². The van der Waals surface area contributed by atoms with E-state index in [1.807, 2.05) is 0 Å². The van der Waals surface area contributed by atoms with Gasteiger partial charge in [0.1, 0.15) is 0 Å². The highest BCUT2D eigenvalue weighted by Gasteiger charge is 2.59. The molecule has 0 spiro atoms. The molecular formula is C24H44N2O. The molecule has 3 N–H and O–H groups in total. The lowest BCUT2D eigenvalue weighted by atomic mass is 9.45. The van der Waals surface area contributed by atoms with Gasteiger partial charge in [0.25, 0.3) is 0 Å². The zero-order valence-electron chi connectivity index (χ0n) is 18.3. The van der Waals surface area contributed by atoms with Gasteiger partial charge in [-0.3, -0.25) is 0 Å². The predicted octanol–water partition coefficient (Wildman–Crippen LogP) is 4.35. The Bertz CT molecular complexity index is 523. The molecule has 0 aliphatic heterocycles. The Balaban J connectivity index is 1.38. The van der Waals surface area contributed by atoms with Crippen molar-refractivity contribution in [2.75, 3.05) is 13.1 Å². The Kier molecular flexibility index (Phi) is 5.68. The first-order valence-corrected chi connectivity index (χ1v) is 12.0. The van der Waals surface area contributed by atoms with Gasteiger partial charge in [-0.05, 0) is 92.3 Å². The second-order valence-electron chi connectivity index (χ2n) is 11.3. The minimum absolute atomic E-state index is 0.0339. The van der Waals surface area contributed by atoms with E-state index in [9.17, 15) is 5.11 Å². The molecule has 3 heteroatoms. The Hall–Kier alpha value is -0.120. The fourth-order valence-corrected chi connectivity index (χ4v) is 8.05. The maximum Gasteiger partial charge on any atom is 0.0596 e. The van der Waals surface area contributed by atoms with E-state index in [4.69, 9.17) is 0 Å². The molecule has 0 heterocycles. The van der Waals surface area contributed by atoms with Gasteiger partial charge in [-0.2, -0.15) is 0 Å². The Morgan fingerprint density at radius 2 is 1.63 bits per heavy atom. The summed E-state index contributed by atoms with van der Waals surface area (Å²) in [6.45, 7) is 11.7. The number of aliphatic hydroxyl groups is 1. The SMILES string of the molecule is CC(C)NCCNC1CC[C@]2(C)C3CC[C@@]4(C)C(CC[C@@H]4O)C3CC[C@H]2C1. The van der Waals surface area contributed by atoms with Crippen molar-refractivity contribution in [2.45, 2.75) is 104 Å². The van der Waals surface area contributed by atoms with E-state index in [-0.39, 0.29) is 11.5 Å². The summed E-state index contributed by atoms with van der Waals surface area (Å²) in [4.78, 5) is 0. The van der Waals surface area contributed by atoms with Gasteiger partial charge in [0.2, 0.25) is 0 Å². The smallest absolute Gasteiger partial charge is 0.0596 e. The Morgan fingerprint density at radius 1 is 0.889 bits per heavy atom. The summed E-state index contributed by atoms with van der Waals surface area (Å²) >= 11 is 0. The normalized spacial score (nSPS) is 49.6. The van der Waals surface area contributed by atoms with Gasteiger partial charge in [0.15, 0.2) is 0 Å². The summed E-state index contributed by atoms with van der Waals surface area (Å²) in [5.74, 6) is 3.52. The molecule has 156 valence electrons. The number of aliphatic hydroxyl groups excluding tert-OH is 1. The molecule has 4 saturated carbocycles. The molecule has 4 aliphatic rings. The second kappa shape index (κ2) is 7.61. The summed E-state index contributed by atoms with van der Waals surface area (Å²) in [6.07, 6.45) is 12.0. The monoisotopic (exact) mass is 376 g/mol. The standard InChI is InChI=1S/C24H44N2O/c1-16(2)25-13-14-26-18-9-11-23(3)17(15-18)5-6-19-20-7-8-22(27)24(20,4)12-10-21(19)23/h16-22,25-27H,5-15H2,1-4H3/t17-,18?,19?,20?,21?,22-,23-,24-/m0/s1. The minimum Gasteiger partial charge on any atom is -0.393 e. The van der Waals surface area contributed by atoms with E-state index >= 15 is 0 Å². The first-order valence-electron chi connectivity index (χ1n) is 12.0. The van der Waals surface area contributed by atoms with E-state index < -0.39 is 0 Å². The van der Waals surface area contributed by atoms with Crippen LogP contribution in [-0.2, 0) is 0 Å². The van der Waals surface area contributed by atoms with Crippen LogP contribution in [0.4, 0.5) is 0 Å². The summed E-state index contributed by atoms with van der Waals surface area (Å²) < 4.78 is 0. The van der Waals surface area contributed by atoms with Gasteiger partial charge >= 0.3 is 0 Å². The molecule has 27 heavy (non-hydrogen) atoms. The first kappa shape index (κ1) is 20.2. The van der Waals surface area contributed by atoms with Crippen LogP contribution in [0.2, 0.25) is 0 Å². The zero-order valence-corrected chi connectivity index (χ0v) is 18.3. The molecule has 0 aromatic heterocycles. The summed E-state index contributed by atoms with van der Waals surface area (Å²) in [6, 6.07) is 1.32. The summed E-state index contributed by atoms with van der Waals surface area (Å²) in [5.41, 5.74) is 0.790. The molecule has 0 amide bonds. The van der Waals surface area contributed by atoms with Gasteiger partial charge in [0.05, 0.1) is 6.10 Å². The minimum atomic E-state index is -0.0339. The fraction of sp³-hybridized carbons (Fsp3) is 1.00. The molecule has 4 fully saturated rings. The van der Waals surface area contributed by atoms with Crippen LogP contribution in [-0.4, -0.2) is 36.4 Å². The maximum absolute atomic E-state index is 10.6. The molecule has 4 aliphatic carbocycles. The Labute approximate surface area is 167 Å². The third kappa shape index (κ3) is 3.51.